The van der Waals surface area contributed by atoms with Crippen molar-refractivity contribution in [3.63, 3.8) is 0 Å². The third-order valence-corrected chi connectivity index (χ3v) is 4.56. The average molecular weight is 431 g/mol. The zero-order valence-electron chi connectivity index (χ0n) is 14.2. The normalized spacial score (nSPS) is 16.4. The first-order valence-electron chi connectivity index (χ1n) is 7.94. The number of allylic oxidation sites excluding steroid dienone is 1. The first-order chi connectivity index (χ1) is 12.8. The number of halogens is 1. The highest BCUT2D eigenvalue weighted by Gasteiger charge is 2.31. The first-order valence-corrected chi connectivity index (χ1v) is 8.74. The first kappa shape index (κ1) is 18.6. The average Bonchev–Trinajstić information content (AvgIpc) is 2.63. The van der Waals surface area contributed by atoms with E-state index in [2.05, 4.69) is 31.9 Å². The number of carbonyl (C=O) groups is 2. The van der Waals surface area contributed by atoms with E-state index in [-0.39, 0.29) is 11.3 Å². The molecule has 0 aromatic heterocycles. The molecule has 1 atom stereocenters. The lowest BCUT2D eigenvalue weighted by atomic mass is 9.94. The fourth-order valence-corrected chi connectivity index (χ4v) is 3.06. The van der Waals surface area contributed by atoms with E-state index in [9.17, 15) is 19.7 Å². The summed E-state index contributed by atoms with van der Waals surface area (Å²) >= 11 is 3.33. The molecule has 9 heteroatoms. The molecule has 0 aliphatic carbocycles. The zero-order valence-corrected chi connectivity index (χ0v) is 15.7. The number of hydrogen-bond acceptors (Lipinski definition) is 4. The molecule has 0 bridgehead atoms. The Hall–Kier alpha value is -3.20. The van der Waals surface area contributed by atoms with Crippen LogP contribution < -0.4 is 16.0 Å². The van der Waals surface area contributed by atoms with E-state index in [4.69, 9.17) is 0 Å². The summed E-state index contributed by atoms with van der Waals surface area (Å²) in [6.07, 6.45) is 0. The van der Waals surface area contributed by atoms with Gasteiger partial charge in [-0.25, -0.2) is 4.79 Å². The maximum absolute atomic E-state index is 12.9. The van der Waals surface area contributed by atoms with Crippen LogP contribution in [0.1, 0.15) is 18.5 Å². The number of non-ortho nitro benzene ring substituents is 1. The number of anilines is 1. The smallest absolute Gasteiger partial charge is 0.319 e. The van der Waals surface area contributed by atoms with Crippen molar-refractivity contribution < 1.29 is 14.5 Å². The van der Waals surface area contributed by atoms with Crippen LogP contribution in [0.25, 0.3) is 0 Å². The van der Waals surface area contributed by atoms with E-state index < -0.39 is 22.9 Å². The molecule has 3 amide bonds. The summed E-state index contributed by atoms with van der Waals surface area (Å²) in [6.45, 7) is 1.61. The van der Waals surface area contributed by atoms with Crippen molar-refractivity contribution in [1.82, 2.24) is 10.6 Å². The third-order valence-electron chi connectivity index (χ3n) is 4.03. The van der Waals surface area contributed by atoms with Crippen LogP contribution in [-0.4, -0.2) is 16.9 Å². The molecule has 3 N–H and O–H groups in total. The Kier molecular flexibility index (Phi) is 5.22. The van der Waals surface area contributed by atoms with E-state index in [1.807, 2.05) is 0 Å². The van der Waals surface area contributed by atoms with Crippen LogP contribution in [0.4, 0.5) is 16.2 Å². The van der Waals surface area contributed by atoms with Gasteiger partial charge in [-0.15, -0.1) is 0 Å². The van der Waals surface area contributed by atoms with Gasteiger partial charge >= 0.3 is 6.03 Å². The van der Waals surface area contributed by atoms with Crippen LogP contribution in [-0.2, 0) is 4.79 Å². The van der Waals surface area contributed by atoms with Gasteiger partial charge in [0.15, 0.2) is 0 Å². The largest absolute Gasteiger partial charge is 0.327 e. The summed E-state index contributed by atoms with van der Waals surface area (Å²) in [4.78, 5) is 35.3. The summed E-state index contributed by atoms with van der Waals surface area (Å²) in [7, 11) is 0. The highest BCUT2D eigenvalue weighted by Crippen LogP contribution is 2.29. The molecule has 0 saturated carbocycles. The van der Waals surface area contributed by atoms with Crippen molar-refractivity contribution in [2.24, 2.45) is 0 Å². The fourth-order valence-electron chi connectivity index (χ4n) is 2.79. The van der Waals surface area contributed by atoms with Gasteiger partial charge in [-0.2, -0.15) is 0 Å². The number of amides is 3. The predicted molar refractivity (Wildman–Crippen MR) is 103 cm³/mol. The van der Waals surface area contributed by atoms with E-state index in [0.717, 1.165) is 4.47 Å². The fraction of sp³-hybridized carbons (Fsp3) is 0.111. The number of nitro benzene ring substituents is 1. The van der Waals surface area contributed by atoms with Crippen molar-refractivity contribution in [1.29, 1.82) is 0 Å². The maximum atomic E-state index is 12.9. The molecule has 0 saturated heterocycles. The van der Waals surface area contributed by atoms with Gasteiger partial charge in [0.2, 0.25) is 0 Å². The van der Waals surface area contributed by atoms with Gasteiger partial charge < -0.3 is 16.0 Å². The second-order valence-corrected chi connectivity index (χ2v) is 6.80. The number of nitrogens with zero attached hydrogens (tertiary/aromatic N) is 1. The molecule has 1 aliphatic rings. The van der Waals surface area contributed by atoms with E-state index in [1.165, 1.54) is 18.2 Å². The van der Waals surface area contributed by atoms with Gasteiger partial charge in [0.1, 0.15) is 0 Å². The molecule has 2 aromatic rings. The number of benzene rings is 2. The van der Waals surface area contributed by atoms with E-state index in [1.54, 1.807) is 37.3 Å². The Morgan fingerprint density at radius 1 is 1.22 bits per heavy atom. The van der Waals surface area contributed by atoms with E-state index in [0.29, 0.717) is 16.9 Å². The number of carbonyl (C=O) groups excluding carboxylic acids is 2. The van der Waals surface area contributed by atoms with Crippen molar-refractivity contribution in [2.45, 2.75) is 13.0 Å². The van der Waals surface area contributed by atoms with Crippen LogP contribution in [0.2, 0.25) is 0 Å². The Morgan fingerprint density at radius 3 is 2.59 bits per heavy atom. The van der Waals surface area contributed by atoms with Crippen LogP contribution in [0.5, 0.6) is 0 Å². The third kappa shape index (κ3) is 4.14. The molecule has 138 valence electrons. The molecule has 3 rings (SSSR count). The van der Waals surface area contributed by atoms with Gasteiger partial charge in [0.05, 0.1) is 16.5 Å². The second kappa shape index (κ2) is 7.58. The van der Waals surface area contributed by atoms with Crippen molar-refractivity contribution in [3.8, 4) is 0 Å². The van der Waals surface area contributed by atoms with Gasteiger partial charge in [0.25, 0.3) is 11.6 Å². The molecule has 0 unspecified atom stereocenters. The molecule has 27 heavy (non-hydrogen) atoms. The molecule has 0 fully saturated rings. The lowest BCUT2D eigenvalue weighted by Gasteiger charge is -2.28. The number of hydrogen-bond donors (Lipinski definition) is 3. The molecule has 0 radical (unpaired) electrons. The van der Waals surface area contributed by atoms with Crippen molar-refractivity contribution >= 4 is 39.2 Å². The minimum absolute atomic E-state index is 0.120. The molecule has 8 nitrogen and oxygen atoms in total. The molecule has 2 aromatic carbocycles. The summed E-state index contributed by atoms with van der Waals surface area (Å²) in [5.74, 6) is -0.418. The summed E-state index contributed by atoms with van der Waals surface area (Å²) < 4.78 is 0.872. The van der Waals surface area contributed by atoms with Gasteiger partial charge in [-0.05, 0) is 36.8 Å². The highest BCUT2D eigenvalue weighted by atomic mass is 79.9. The standard InChI is InChI=1S/C18H15BrN4O4/c1-10-15(17(24)21-13-7-5-12(19)6-8-13)16(22-18(25)20-10)11-3-2-4-14(9-11)23(26)27/h2-9,16H,1H3,(H,21,24)(H2,20,22,25)/t16-/m1/s1. The molecule has 1 heterocycles. The molecule has 0 spiro atoms. The van der Waals surface area contributed by atoms with Crippen LogP contribution >= 0.6 is 15.9 Å². The quantitative estimate of drug-likeness (QED) is 0.507. The van der Waals surface area contributed by atoms with Crippen molar-refractivity contribution in [2.75, 3.05) is 5.32 Å². The lowest BCUT2D eigenvalue weighted by molar-refractivity contribution is -0.384. The van der Waals surface area contributed by atoms with E-state index >= 15 is 0 Å². The maximum Gasteiger partial charge on any atom is 0.319 e. The van der Waals surface area contributed by atoms with Gasteiger partial charge in [-0.3, -0.25) is 14.9 Å². The van der Waals surface area contributed by atoms with Crippen molar-refractivity contribution in [3.05, 3.63) is 80.0 Å². The summed E-state index contributed by atoms with van der Waals surface area (Å²) in [5.41, 5.74) is 1.56. The van der Waals surface area contributed by atoms with Crippen LogP contribution in [0, 0.1) is 10.1 Å². The minimum Gasteiger partial charge on any atom is -0.327 e. The Bertz CT molecular complexity index is 956. The number of rotatable bonds is 4. The lowest BCUT2D eigenvalue weighted by Crippen LogP contribution is -2.46. The Labute approximate surface area is 162 Å². The number of nitrogens with one attached hydrogen (secondary N) is 3. The second-order valence-electron chi connectivity index (χ2n) is 5.88. The number of urea groups is 1. The number of nitro groups is 1. The van der Waals surface area contributed by atoms with Gasteiger partial charge in [0, 0.05) is 28.0 Å². The molecular formula is C18H15BrN4O4. The van der Waals surface area contributed by atoms with Gasteiger partial charge in [-0.1, -0.05) is 28.1 Å². The minimum atomic E-state index is -0.811. The Balaban J connectivity index is 1.96. The zero-order chi connectivity index (χ0) is 19.6. The summed E-state index contributed by atoms with van der Waals surface area (Å²) in [5, 5.41) is 19.1. The predicted octanol–water partition coefficient (Wildman–Crippen LogP) is 3.62. The van der Waals surface area contributed by atoms with Crippen LogP contribution in [0.15, 0.2) is 64.3 Å². The summed E-state index contributed by atoms with van der Waals surface area (Å²) in [6, 6.07) is 11.6. The molecular weight excluding hydrogens is 416 g/mol. The SMILES string of the molecule is CC1=C(C(=O)Nc2ccc(Br)cc2)[C@@H](c2cccc([N+](=O)[O-])c2)NC(=O)N1. The highest BCUT2D eigenvalue weighted by molar-refractivity contribution is 9.10. The Morgan fingerprint density at radius 2 is 1.93 bits per heavy atom. The molecule has 1 aliphatic heterocycles. The van der Waals surface area contributed by atoms with Crippen LogP contribution in [0.3, 0.4) is 0 Å². The monoisotopic (exact) mass is 430 g/mol. The topological polar surface area (TPSA) is 113 Å².